The summed E-state index contributed by atoms with van der Waals surface area (Å²) in [6, 6.07) is 12.3. The molecule has 0 saturated carbocycles. The zero-order chi connectivity index (χ0) is 18.4. The van der Waals surface area contributed by atoms with Crippen LogP contribution in [0, 0.1) is 9.49 Å². The molecule has 7 heteroatoms. The van der Waals surface area contributed by atoms with E-state index in [0.29, 0.717) is 17.7 Å². The van der Waals surface area contributed by atoms with Crippen molar-refractivity contribution in [3.8, 4) is 5.75 Å². The molecule has 2 rings (SSSR count). The maximum atomic E-state index is 12.3. The minimum Gasteiger partial charge on any atom is -0.508 e. The number of benzene rings is 2. The van der Waals surface area contributed by atoms with Gasteiger partial charge in [-0.2, -0.15) is 0 Å². The summed E-state index contributed by atoms with van der Waals surface area (Å²) in [4.78, 5) is 12.3. The van der Waals surface area contributed by atoms with Gasteiger partial charge < -0.3 is 14.9 Å². The molecule has 0 unspecified atom stereocenters. The highest BCUT2D eigenvalue weighted by molar-refractivity contribution is 14.1. The van der Waals surface area contributed by atoms with Crippen molar-refractivity contribution >= 4 is 50.3 Å². The van der Waals surface area contributed by atoms with Crippen LogP contribution in [-0.4, -0.2) is 22.9 Å². The number of hydrogen-bond acceptors (Lipinski definition) is 4. The Morgan fingerprint density at radius 3 is 2.60 bits per heavy atom. The number of phenolic OH excluding ortho intramolecular Hbond substituents is 1. The SMILES string of the molecule is C[C@H](CCO)[C@H](OC(=O)Nc1ccc(Br)cc1)c1cc(I)ccc1O. The van der Waals surface area contributed by atoms with Gasteiger partial charge in [-0.05, 0) is 77.4 Å². The molecule has 0 aliphatic carbocycles. The molecule has 0 bridgehead atoms. The number of halogens is 2. The van der Waals surface area contributed by atoms with Gasteiger partial charge in [-0.25, -0.2) is 4.79 Å². The lowest BCUT2D eigenvalue weighted by Gasteiger charge is -2.25. The number of nitrogens with one attached hydrogen (secondary N) is 1. The summed E-state index contributed by atoms with van der Waals surface area (Å²) < 4.78 is 7.41. The maximum Gasteiger partial charge on any atom is 0.412 e. The van der Waals surface area contributed by atoms with Gasteiger partial charge in [-0.3, -0.25) is 5.32 Å². The fourth-order valence-corrected chi connectivity index (χ4v) is 3.17. The molecule has 134 valence electrons. The van der Waals surface area contributed by atoms with E-state index in [9.17, 15) is 15.0 Å². The predicted octanol–water partition coefficient (Wildman–Crippen LogP) is 5.07. The Morgan fingerprint density at radius 2 is 1.96 bits per heavy atom. The average molecular weight is 520 g/mol. The number of ether oxygens (including phenoxy) is 1. The number of amides is 1. The number of aliphatic hydroxyl groups is 1. The maximum absolute atomic E-state index is 12.3. The van der Waals surface area contributed by atoms with Crippen LogP contribution in [0.1, 0.15) is 25.0 Å². The van der Waals surface area contributed by atoms with Crippen molar-refractivity contribution < 1.29 is 19.7 Å². The van der Waals surface area contributed by atoms with E-state index < -0.39 is 12.2 Å². The van der Waals surface area contributed by atoms with E-state index in [1.54, 1.807) is 30.3 Å². The van der Waals surface area contributed by atoms with E-state index in [4.69, 9.17) is 4.74 Å². The van der Waals surface area contributed by atoms with Gasteiger partial charge >= 0.3 is 6.09 Å². The van der Waals surface area contributed by atoms with E-state index in [0.717, 1.165) is 8.04 Å². The van der Waals surface area contributed by atoms with Crippen molar-refractivity contribution in [2.75, 3.05) is 11.9 Å². The highest BCUT2D eigenvalue weighted by atomic mass is 127. The summed E-state index contributed by atoms with van der Waals surface area (Å²) in [5.41, 5.74) is 1.13. The molecule has 0 aliphatic heterocycles. The van der Waals surface area contributed by atoms with Crippen molar-refractivity contribution in [2.45, 2.75) is 19.4 Å². The minimum atomic E-state index is -0.669. The summed E-state index contributed by atoms with van der Waals surface area (Å²) >= 11 is 5.47. The molecule has 2 aromatic rings. The molecule has 0 fully saturated rings. The fraction of sp³-hybridized carbons (Fsp3) is 0.278. The molecule has 25 heavy (non-hydrogen) atoms. The lowest BCUT2D eigenvalue weighted by atomic mass is 9.94. The molecule has 2 atom stereocenters. The Hall–Kier alpha value is -1.32. The molecule has 2 aromatic carbocycles. The lowest BCUT2D eigenvalue weighted by Crippen LogP contribution is -2.22. The van der Waals surface area contributed by atoms with Crippen LogP contribution < -0.4 is 5.32 Å². The Balaban J connectivity index is 2.19. The Labute approximate surface area is 168 Å². The summed E-state index contributed by atoms with van der Waals surface area (Å²) in [5, 5.41) is 22.1. The normalized spacial score (nSPS) is 13.1. The first-order valence-electron chi connectivity index (χ1n) is 7.73. The second-order valence-corrected chi connectivity index (χ2v) is 7.81. The number of hydrogen-bond donors (Lipinski definition) is 3. The van der Waals surface area contributed by atoms with Gasteiger partial charge in [-0.1, -0.05) is 22.9 Å². The molecular formula is C18H19BrINO4. The monoisotopic (exact) mass is 519 g/mol. The average Bonchev–Trinajstić information content (AvgIpc) is 2.57. The zero-order valence-electron chi connectivity index (χ0n) is 13.6. The third-order valence-electron chi connectivity index (χ3n) is 3.72. The number of phenols is 1. The Bertz CT molecular complexity index is 724. The highest BCUT2D eigenvalue weighted by Gasteiger charge is 2.26. The second kappa shape index (κ2) is 9.40. The van der Waals surface area contributed by atoms with E-state index in [1.807, 2.05) is 19.1 Å². The number of rotatable bonds is 6. The third-order valence-corrected chi connectivity index (χ3v) is 4.92. The first-order chi connectivity index (χ1) is 11.9. The number of carbonyl (C=O) groups excluding carboxylic acids is 1. The quantitative estimate of drug-likeness (QED) is 0.466. The van der Waals surface area contributed by atoms with Crippen LogP contribution in [0.5, 0.6) is 5.75 Å². The van der Waals surface area contributed by atoms with Crippen LogP contribution in [-0.2, 0) is 4.74 Å². The highest BCUT2D eigenvalue weighted by Crippen LogP contribution is 2.35. The van der Waals surface area contributed by atoms with E-state index >= 15 is 0 Å². The molecule has 0 heterocycles. The summed E-state index contributed by atoms with van der Waals surface area (Å²) in [7, 11) is 0. The molecule has 0 aliphatic rings. The molecule has 3 N–H and O–H groups in total. The summed E-state index contributed by atoms with van der Waals surface area (Å²) in [6.07, 6.45) is -0.839. The standard InChI is InChI=1S/C18H19BrINO4/c1-11(8-9-22)17(15-10-13(20)4-7-16(15)23)25-18(24)21-14-5-2-12(19)3-6-14/h2-7,10-11,17,22-23H,8-9H2,1H3,(H,21,24)/t11-,17+/m1/s1. The van der Waals surface area contributed by atoms with Crippen LogP contribution in [0.2, 0.25) is 0 Å². The van der Waals surface area contributed by atoms with Crippen molar-refractivity contribution in [3.63, 3.8) is 0 Å². The molecule has 1 amide bonds. The lowest BCUT2D eigenvalue weighted by molar-refractivity contribution is 0.0652. The van der Waals surface area contributed by atoms with Gasteiger partial charge in [0.05, 0.1) is 0 Å². The fourth-order valence-electron chi connectivity index (χ4n) is 2.39. The molecule has 0 aromatic heterocycles. The van der Waals surface area contributed by atoms with Crippen LogP contribution in [0.4, 0.5) is 10.5 Å². The Kier molecular flexibility index (Phi) is 7.52. The third kappa shape index (κ3) is 5.86. The van der Waals surface area contributed by atoms with Crippen molar-refractivity contribution in [3.05, 3.63) is 56.1 Å². The molecule has 5 nitrogen and oxygen atoms in total. The topological polar surface area (TPSA) is 78.8 Å². The first kappa shape index (κ1) is 20.0. The van der Waals surface area contributed by atoms with Gasteiger partial charge in [0.1, 0.15) is 11.9 Å². The summed E-state index contributed by atoms with van der Waals surface area (Å²) in [6.45, 7) is 1.84. The van der Waals surface area contributed by atoms with Gasteiger partial charge in [0.25, 0.3) is 0 Å². The van der Waals surface area contributed by atoms with Crippen molar-refractivity contribution in [1.29, 1.82) is 0 Å². The second-order valence-electron chi connectivity index (χ2n) is 5.65. The van der Waals surface area contributed by atoms with Gasteiger partial charge in [0.15, 0.2) is 0 Å². The molecule has 0 radical (unpaired) electrons. The van der Waals surface area contributed by atoms with Crippen LogP contribution in [0.25, 0.3) is 0 Å². The summed E-state index contributed by atoms with van der Waals surface area (Å²) in [5.74, 6) is -0.101. The molecular weight excluding hydrogens is 501 g/mol. The van der Waals surface area contributed by atoms with Gasteiger partial charge in [0.2, 0.25) is 0 Å². The van der Waals surface area contributed by atoms with Crippen LogP contribution in [0.15, 0.2) is 46.9 Å². The first-order valence-corrected chi connectivity index (χ1v) is 9.60. The van der Waals surface area contributed by atoms with Crippen LogP contribution in [0.3, 0.4) is 0 Å². The number of aromatic hydroxyl groups is 1. The number of aliphatic hydroxyl groups excluding tert-OH is 1. The van der Waals surface area contributed by atoms with Gasteiger partial charge in [-0.15, -0.1) is 0 Å². The zero-order valence-corrected chi connectivity index (χ0v) is 17.3. The predicted molar refractivity (Wildman–Crippen MR) is 109 cm³/mol. The molecule has 0 saturated heterocycles. The van der Waals surface area contributed by atoms with Crippen molar-refractivity contribution in [2.24, 2.45) is 5.92 Å². The van der Waals surface area contributed by atoms with Crippen LogP contribution >= 0.6 is 38.5 Å². The van der Waals surface area contributed by atoms with E-state index in [1.165, 1.54) is 0 Å². The number of anilines is 1. The number of carbonyl (C=O) groups is 1. The van der Waals surface area contributed by atoms with Crippen molar-refractivity contribution in [1.82, 2.24) is 0 Å². The minimum absolute atomic E-state index is 0.0277. The van der Waals surface area contributed by atoms with E-state index in [-0.39, 0.29) is 18.3 Å². The van der Waals surface area contributed by atoms with Gasteiger partial charge in [0, 0.05) is 25.9 Å². The smallest absolute Gasteiger partial charge is 0.412 e. The largest absolute Gasteiger partial charge is 0.508 e. The van der Waals surface area contributed by atoms with E-state index in [2.05, 4.69) is 43.8 Å². The molecule has 0 spiro atoms. The Morgan fingerprint density at radius 1 is 1.28 bits per heavy atom.